The molecular formula is C16H25NO. The summed E-state index contributed by atoms with van der Waals surface area (Å²) in [5, 5.41) is 3.43. The smallest absolute Gasteiger partial charge is 0.119 e. The topological polar surface area (TPSA) is 21.3 Å². The van der Waals surface area contributed by atoms with Crippen LogP contribution in [0.4, 0.5) is 0 Å². The predicted molar refractivity (Wildman–Crippen MR) is 76.4 cm³/mol. The largest absolute Gasteiger partial charge is 0.493 e. The van der Waals surface area contributed by atoms with Gasteiger partial charge in [0.1, 0.15) is 5.75 Å². The fourth-order valence-electron chi connectivity index (χ4n) is 2.67. The minimum atomic E-state index is 0.585. The van der Waals surface area contributed by atoms with Crippen molar-refractivity contribution in [2.24, 2.45) is 5.92 Å². The van der Waals surface area contributed by atoms with E-state index in [1.807, 2.05) is 0 Å². The minimum absolute atomic E-state index is 0.585. The van der Waals surface area contributed by atoms with Crippen LogP contribution in [0, 0.1) is 12.8 Å². The van der Waals surface area contributed by atoms with E-state index in [-0.39, 0.29) is 0 Å². The molecular weight excluding hydrogens is 222 g/mol. The summed E-state index contributed by atoms with van der Waals surface area (Å²) in [6.45, 7) is 9.74. The van der Waals surface area contributed by atoms with Gasteiger partial charge in [-0.15, -0.1) is 0 Å². The van der Waals surface area contributed by atoms with Crippen molar-refractivity contribution in [3.63, 3.8) is 0 Å². The molecule has 1 aromatic rings. The molecule has 1 aliphatic rings. The molecule has 0 amide bonds. The molecule has 100 valence electrons. The molecule has 1 atom stereocenters. The lowest BCUT2D eigenvalue weighted by Gasteiger charge is -2.23. The Morgan fingerprint density at radius 3 is 2.83 bits per heavy atom. The Kier molecular flexibility index (Phi) is 4.65. The molecule has 0 spiro atoms. The van der Waals surface area contributed by atoms with Gasteiger partial charge >= 0.3 is 0 Å². The fourth-order valence-corrected chi connectivity index (χ4v) is 2.67. The molecule has 1 aromatic carbocycles. The van der Waals surface area contributed by atoms with E-state index in [1.165, 1.54) is 30.5 Å². The molecule has 2 heteroatoms. The first-order chi connectivity index (χ1) is 8.66. The summed E-state index contributed by atoms with van der Waals surface area (Å²) in [6, 6.07) is 6.48. The molecule has 0 aromatic heterocycles. The second kappa shape index (κ2) is 6.24. The van der Waals surface area contributed by atoms with Gasteiger partial charge in [0, 0.05) is 12.5 Å². The maximum Gasteiger partial charge on any atom is 0.119 e. The van der Waals surface area contributed by atoms with E-state index in [0.717, 1.165) is 18.9 Å². The van der Waals surface area contributed by atoms with Crippen LogP contribution in [0.3, 0.4) is 0 Å². The van der Waals surface area contributed by atoms with Gasteiger partial charge in [-0.3, -0.25) is 0 Å². The Balaban J connectivity index is 1.91. The van der Waals surface area contributed by atoms with Crippen molar-refractivity contribution in [2.45, 2.75) is 39.5 Å². The standard InChI is InChI=1S/C16H25NO/c1-12(2)16-7-6-15(9-13(16)3)18-11-14-5-4-8-17-10-14/h6-7,9,12,14,17H,4-5,8,10-11H2,1-3H3. The Morgan fingerprint density at radius 1 is 1.39 bits per heavy atom. The summed E-state index contributed by atoms with van der Waals surface area (Å²) in [6.07, 6.45) is 2.56. The zero-order valence-corrected chi connectivity index (χ0v) is 11.8. The van der Waals surface area contributed by atoms with E-state index < -0.39 is 0 Å². The van der Waals surface area contributed by atoms with E-state index >= 15 is 0 Å². The molecule has 0 aliphatic carbocycles. The van der Waals surface area contributed by atoms with Crippen LogP contribution in [0.1, 0.15) is 43.7 Å². The summed E-state index contributed by atoms with van der Waals surface area (Å²) in [7, 11) is 0. The summed E-state index contributed by atoms with van der Waals surface area (Å²) in [4.78, 5) is 0. The summed E-state index contributed by atoms with van der Waals surface area (Å²) in [5.74, 6) is 2.27. The van der Waals surface area contributed by atoms with Gasteiger partial charge in [0.05, 0.1) is 6.61 Å². The van der Waals surface area contributed by atoms with Crippen molar-refractivity contribution < 1.29 is 4.74 Å². The Labute approximate surface area is 111 Å². The SMILES string of the molecule is Cc1cc(OCC2CCCNC2)ccc1C(C)C. The molecule has 2 rings (SSSR count). The molecule has 0 saturated carbocycles. The van der Waals surface area contributed by atoms with Gasteiger partial charge in [-0.1, -0.05) is 19.9 Å². The average molecular weight is 247 g/mol. The number of rotatable bonds is 4. The highest BCUT2D eigenvalue weighted by Crippen LogP contribution is 2.24. The zero-order valence-electron chi connectivity index (χ0n) is 11.8. The van der Waals surface area contributed by atoms with Crippen molar-refractivity contribution in [2.75, 3.05) is 19.7 Å². The molecule has 0 bridgehead atoms. The maximum atomic E-state index is 5.92. The van der Waals surface area contributed by atoms with Crippen LogP contribution < -0.4 is 10.1 Å². The molecule has 1 fully saturated rings. The quantitative estimate of drug-likeness (QED) is 0.879. The van der Waals surface area contributed by atoms with E-state index in [2.05, 4.69) is 44.3 Å². The first kappa shape index (κ1) is 13.4. The van der Waals surface area contributed by atoms with Crippen LogP contribution in [-0.4, -0.2) is 19.7 Å². The highest BCUT2D eigenvalue weighted by Gasteiger charge is 2.13. The molecule has 18 heavy (non-hydrogen) atoms. The van der Waals surface area contributed by atoms with Gasteiger partial charge in [0.15, 0.2) is 0 Å². The fraction of sp³-hybridized carbons (Fsp3) is 0.625. The molecule has 1 heterocycles. The van der Waals surface area contributed by atoms with Gasteiger partial charge in [0.25, 0.3) is 0 Å². The third-order valence-electron chi connectivity index (χ3n) is 3.75. The Hall–Kier alpha value is -1.02. The molecule has 1 aliphatic heterocycles. The lowest BCUT2D eigenvalue weighted by molar-refractivity contribution is 0.218. The minimum Gasteiger partial charge on any atom is -0.493 e. The molecule has 1 unspecified atom stereocenters. The maximum absolute atomic E-state index is 5.92. The second-order valence-corrected chi connectivity index (χ2v) is 5.70. The van der Waals surface area contributed by atoms with Crippen LogP contribution in [0.15, 0.2) is 18.2 Å². The van der Waals surface area contributed by atoms with Gasteiger partial charge in [-0.25, -0.2) is 0 Å². The third kappa shape index (κ3) is 3.49. The van der Waals surface area contributed by atoms with Crippen LogP contribution in [0.5, 0.6) is 5.75 Å². The van der Waals surface area contributed by atoms with Gasteiger partial charge in [-0.2, -0.15) is 0 Å². The summed E-state index contributed by atoms with van der Waals surface area (Å²) in [5.41, 5.74) is 2.76. The second-order valence-electron chi connectivity index (χ2n) is 5.70. The molecule has 1 saturated heterocycles. The van der Waals surface area contributed by atoms with Crippen LogP contribution in [0.25, 0.3) is 0 Å². The Morgan fingerprint density at radius 2 is 2.22 bits per heavy atom. The van der Waals surface area contributed by atoms with Crippen molar-refractivity contribution in [1.29, 1.82) is 0 Å². The first-order valence-electron chi connectivity index (χ1n) is 7.11. The van der Waals surface area contributed by atoms with Crippen LogP contribution in [-0.2, 0) is 0 Å². The van der Waals surface area contributed by atoms with Gasteiger partial charge in [-0.05, 0) is 55.5 Å². The van der Waals surface area contributed by atoms with Crippen LogP contribution >= 0.6 is 0 Å². The highest BCUT2D eigenvalue weighted by atomic mass is 16.5. The number of aryl methyl sites for hydroxylation is 1. The zero-order chi connectivity index (χ0) is 13.0. The lowest BCUT2D eigenvalue weighted by Crippen LogP contribution is -2.33. The Bertz CT molecular complexity index is 381. The lowest BCUT2D eigenvalue weighted by atomic mass is 9.98. The number of piperidine rings is 1. The number of ether oxygens (including phenoxy) is 1. The number of benzene rings is 1. The highest BCUT2D eigenvalue weighted by molar-refractivity contribution is 5.36. The van der Waals surface area contributed by atoms with E-state index in [1.54, 1.807) is 0 Å². The molecule has 2 nitrogen and oxygen atoms in total. The van der Waals surface area contributed by atoms with Crippen molar-refractivity contribution in [1.82, 2.24) is 5.32 Å². The number of hydrogen-bond acceptors (Lipinski definition) is 2. The third-order valence-corrected chi connectivity index (χ3v) is 3.75. The number of hydrogen-bond donors (Lipinski definition) is 1. The normalized spacial score (nSPS) is 20.1. The summed E-state index contributed by atoms with van der Waals surface area (Å²) < 4.78 is 5.92. The van der Waals surface area contributed by atoms with Gasteiger partial charge in [0.2, 0.25) is 0 Å². The molecule has 0 radical (unpaired) electrons. The van der Waals surface area contributed by atoms with E-state index in [4.69, 9.17) is 4.74 Å². The van der Waals surface area contributed by atoms with E-state index in [9.17, 15) is 0 Å². The average Bonchev–Trinajstić information content (AvgIpc) is 2.37. The van der Waals surface area contributed by atoms with Crippen molar-refractivity contribution >= 4 is 0 Å². The van der Waals surface area contributed by atoms with E-state index in [0.29, 0.717) is 11.8 Å². The van der Waals surface area contributed by atoms with Crippen molar-refractivity contribution in [3.05, 3.63) is 29.3 Å². The van der Waals surface area contributed by atoms with Crippen molar-refractivity contribution in [3.8, 4) is 5.75 Å². The van der Waals surface area contributed by atoms with Crippen LogP contribution in [0.2, 0.25) is 0 Å². The summed E-state index contributed by atoms with van der Waals surface area (Å²) >= 11 is 0. The number of nitrogens with one attached hydrogen (secondary N) is 1. The van der Waals surface area contributed by atoms with Gasteiger partial charge < -0.3 is 10.1 Å². The first-order valence-corrected chi connectivity index (χ1v) is 7.11. The molecule has 1 N–H and O–H groups in total. The predicted octanol–water partition coefficient (Wildman–Crippen LogP) is 3.50. The monoisotopic (exact) mass is 247 g/mol.